The van der Waals surface area contributed by atoms with Crippen molar-refractivity contribution in [3.63, 3.8) is 0 Å². The molecule has 1 aliphatic carbocycles. The molecule has 2 N–H and O–H groups in total. The Morgan fingerprint density at radius 2 is 2.07 bits per heavy atom. The number of nitrogens with one attached hydrogen (secondary N) is 2. The molecule has 1 spiro atoms. The summed E-state index contributed by atoms with van der Waals surface area (Å²) in [5, 5.41) is 5.46. The number of urea groups is 1. The third kappa shape index (κ3) is 4.60. The molecule has 9 heteroatoms. The third-order valence-corrected chi connectivity index (χ3v) is 5.92. The molecule has 1 aromatic rings. The molecule has 5 amide bonds. The van der Waals surface area contributed by atoms with Gasteiger partial charge in [-0.2, -0.15) is 0 Å². The van der Waals surface area contributed by atoms with Crippen molar-refractivity contribution in [3.05, 3.63) is 24.2 Å². The van der Waals surface area contributed by atoms with Gasteiger partial charge in [-0.25, -0.2) is 4.79 Å². The number of carbonyl (C=O) groups excluding carboxylic acids is 4. The van der Waals surface area contributed by atoms with Gasteiger partial charge in [-0.3, -0.25) is 19.3 Å². The van der Waals surface area contributed by atoms with Crippen molar-refractivity contribution in [1.82, 2.24) is 20.4 Å². The first kappa shape index (κ1) is 20.9. The molecule has 1 saturated carbocycles. The highest BCUT2D eigenvalue weighted by molar-refractivity contribution is 6.09. The monoisotopic (exact) mass is 404 g/mol. The van der Waals surface area contributed by atoms with Gasteiger partial charge in [0, 0.05) is 7.05 Å². The average Bonchev–Trinajstić information content (AvgIpc) is 3.30. The minimum absolute atomic E-state index is 0.174. The molecule has 0 bridgehead atoms. The van der Waals surface area contributed by atoms with Gasteiger partial charge >= 0.3 is 6.03 Å². The maximum Gasteiger partial charge on any atom is 0.325 e. The Labute approximate surface area is 169 Å². The first-order chi connectivity index (χ1) is 13.8. The number of imide groups is 1. The Morgan fingerprint density at radius 3 is 2.69 bits per heavy atom. The average molecular weight is 404 g/mol. The lowest BCUT2D eigenvalue weighted by atomic mass is 9.75. The predicted molar refractivity (Wildman–Crippen MR) is 103 cm³/mol. The van der Waals surface area contributed by atoms with E-state index in [-0.39, 0.29) is 31.4 Å². The minimum Gasteiger partial charge on any atom is -0.467 e. The molecule has 29 heavy (non-hydrogen) atoms. The van der Waals surface area contributed by atoms with Crippen LogP contribution in [0.5, 0.6) is 0 Å². The van der Waals surface area contributed by atoms with Gasteiger partial charge in [0.25, 0.3) is 5.91 Å². The van der Waals surface area contributed by atoms with Gasteiger partial charge in [-0.1, -0.05) is 13.3 Å². The predicted octanol–water partition coefficient (Wildman–Crippen LogP) is 1.25. The smallest absolute Gasteiger partial charge is 0.325 e. The second kappa shape index (κ2) is 8.67. The van der Waals surface area contributed by atoms with E-state index in [1.54, 1.807) is 12.1 Å². The zero-order valence-electron chi connectivity index (χ0n) is 16.9. The summed E-state index contributed by atoms with van der Waals surface area (Å²) in [6, 6.07) is 2.92. The molecule has 2 aliphatic rings. The Kier molecular flexibility index (Phi) is 6.24. The normalized spacial score (nSPS) is 23.9. The third-order valence-electron chi connectivity index (χ3n) is 5.92. The van der Waals surface area contributed by atoms with E-state index in [4.69, 9.17) is 4.42 Å². The van der Waals surface area contributed by atoms with Crippen LogP contribution < -0.4 is 10.6 Å². The number of hydrogen-bond acceptors (Lipinski definition) is 5. The molecule has 1 aliphatic heterocycles. The fraction of sp³-hybridized carbons (Fsp3) is 0.600. The summed E-state index contributed by atoms with van der Waals surface area (Å²) in [6.07, 6.45) is 5.56. The molecular weight excluding hydrogens is 376 g/mol. The number of hydrogen-bond donors (Lipinski definition) is 2. The van der Waals surface area contributed by atoms with Gasteiger partial charge in [0.2, 0.25) is 11.8 Å². The van der Waals surface area contributed by atoms with E-state index in [9.17, 15) is 19.2 Å². The zero-order chi connectivity index (χ0) is 21.0. The zero-order valence-corrected chi connectivity index (χ0v) is 16.9. The van der Waals surface area contributed by atoms with E-state index in [2.05, 4.69) is 17.6 Å². The van der Waals surface area contributed by atoms with E-state index in [1.165, 1.54) is 18.2 Å². The fourth-order valence-electron chi connectivity index (χ4n) is 3.95. The van der Waals surface area contributed by atoms with Crippen LogP contribution in [0, 0.1) is 5.92 Å². The van der Waals surface area contributed by atoms with Gasteiger partial charge < -0.3 is 20.0 Å². The Bertz CT molecular complexity index is 768. The van der Waals surface area contributed by atoms with Crippen LogP contribution in [-0.4, -0.2) is 59.2 Å². The van der Waals surface area contributed by atoms with Crippen molar-refractivity contribution >= 4 is 23.8 Å². The van der Waals surface area contributed by atoms with E-state index in [0.29, 0.717) is 24.5 Å². The Morgan fingerprint density at radius 1 is 1.34 bits per heavy atom. The summed E-state index contributed by atoms with van der Waals surface area (Å²) in [5.74, 6) is 0.0208. The number of rotatable bonds is 7. The van der Waals surface area contributed by atoms with E-state index < -0.39 is 17.5 Å². The van der Waals surface area contributed by atoms with Crippen molar-refractivity contribution in [3.8, 4) is 0 Å². The molecule has 0 unspecified atom stereocenters. The second-order valence-electron chi connectivity index (χ2n) is 7.86. The number of amides is 5. The molecule has 3 rings (SSSR count). The van der Waals surface area contributed by atoms with Crippen LogP contribution in [0.2, 0.25) is 0 Å². The van der Waals surface area contributed by atoms with Crippen LogP contribution in [0.15, 0.2) is 22.8 Å². The SMILES string of the molecule is CCC1CCC2(CC1)NC(=O)N(CC(=O)N(C)CC(=O)NCc1ccco1)C2=O. The lowest BCUT2D eigenvalue weighted by molar-refractivity contribution is -0.140. The van der Waals surface area contributed by atoms with Crippen molar-refractivity contribution < 1.29 is 23.6 Å². The molecule has 1 saturated heterocycles. The number of nitrogens with zero attached hydrogens (tertiary/aromatic N) is 2. The molecule has 0 atom stereocenters. The van der Waals surface area contributed by atoms with Crippen molar-refractivity contribution in [1.29, 1.82) is 0 Å². The number of likely N-dealkylation sites (N-methyl/N-ethyl adjacent to an activating group) is 1. The van der Waals surface area contributed by atoms with Gasteiger partial charge in [0.1, 0.15) is 17.8 Å². The first-order valence-corrected chi connectivity index (χ1v) is 10.0. The molecule has 0 aromatic carbocycles. The largest absolute Gasteiger partial charge is 0.467 e. The standard InChI is InChI=1S/C20H28N4O5/c1-3-14-6-8-20(9-7-14)18(27)24(19(28)22-20)13-17(26)23(2)12-16(25)21-11-15-5-4-10-29-15/h4-5,10,14H,3,6-9,11-13H2,1-2H3,(H,21,25)(H,22,28). The molecule has 158 valence electrons. The molecule has 9 nitrogen and oxygen atoms in total. The van der Waals surface area contributed by atoms with Crippen LogP contribution in [-0.2, 0) is 20.9 Å². The van der Waals surface area contributed by atoms with Crippen LogP contribution >= 0.6 is 0 Å². The van der Waals surface area contributed by atoms with Crippen molar-refractivity contribution in [2.75, 3.05) is 20.1 Å². The summed E-state index contributed by atoms with van der Waals surface area (Å²) < 4.78 is 5.13. The highest BCUT2D eigenvalue weighted by Gasteiger charge is 2.52. The molecule has 1 aromatic heterocycles. The quantitative estimate of drug-likeness (QED) is 0.664. The minimum atomic E-state index is -0.873. The molecular formula is C20H28N4O5. The van der Waals surface area contributed by atoms with Crippen LogP contribution in [0.25, 0.3) is 0 Å². The molecule has 2 heterocycles. The highest BCUT2D eigenvalue weighted by atomic mass is 16.3. The molecule has 2 fully saturated rings. The Hall–Kier alpha value is -2.84. The van der Waals surface area contributed by atoms with E-state index in [1.807, 2.05) is 0 Å². The lowest BCUT2D eigenvalue weighted by Gasteiger charge is -2.34. The highest BCUT2D eigenvalue weighted by Crippen LogP contribution is 2.37. The maximum atomic E-state index is 12.9. The van der Waals surface area contributed by atoms with E-state index in [0.717, 1.165) is 24.2 Å². The van der Waals surface area contributed by atoms with Crippen LogP contribution in [0.1, 0.15) is 44.8 Å². The van der Waals surface area contributed by atoms with Crippen LogP contribution in [0.3, 0.4) is 0 Å². The van der Waals surface area contributed by atoms with Gasteiger partial charge in [0.05, 0.1) is 19.4 Å². The fourth-order valence-corrected chi connectivity index (χ4v) is 3.95. The Balaban J connectivity index is 1.51. The maximum absolute atomic E-state index is 12.9. The topological polar surface area (TPSA) is 112 Å². The summed E-state index contributed by atoms with van der Waals surface area (Å²) in [7, 11) is 1.47. The summed E-state index contributed by atoms with van der Waals surface area (Å²) >= 11 is 0. The lowest BCUT2D eigenvalue weighted by Crippen LogP contribution is -2.50. The van der Waals surface area contributed by atoms with Crippen LogP contribution in [0.4, 0.5) is 4.79 Å². The number of furan rings is 1. The summed E-state index contributed by atoms with van der Waals surface area (Å²) in [4.78, 5) is 51.9. The van der Waals surface area contributed by atoms with Gasteiger partial charge in [0.15, 0.2) is 0 Å². The van der Waals surface area contributed by atoms with Gasteiger partial charge in [-0.05, 0) is 43.7 Å². The number of carbonyl (C=O) groups is 4. The summed E-state index contributed by atoms with van der Waals surface area (Å²) in [5.41, 5.74) is -0.873. The second-order valence-corrected chi connectivity index (χ2v) is 7.86. The molecule has 0 radical (unpaired) electrons. The van der Waals surface area contributed by atoms with Crippen molar-refractivity contribution in [2.24, 2.45) is 5.92 Å². The van der Waals surface area contributed by atoms with Gasteiger partial charge in [-0.15, -0.1) is 0 Å². The summed E-state index contributed by atoms with van der Waals surface area (Å²) in [6.45, 7) is 1.81. The van der Waals surface area contributed by atoms with E-state index >= 15 is 0 Å². The first-order valence-electron chi connectivity index (χ1n) is 10.0. The van der Waals surface area contributed by atoms with Crippen molar-refractivity contribution in [2.45, 2.75) is 51.1 Å².